The monoisotopic (exact) mass is 278 g/mol. The Morgan fingerprint density at radius 1 is 1.26 bits per heavy atom. The summed E-state index contributed by atoms with van der Waals surface area (Å²) in [6, 6.07) is 8.05. The van der Waals surface area contributed by atoms with Gasteiger partial charge >= 0.3 is 0 Å². The second-order valence-electron chi connectivity index (χ2n) is 5.14. The molecule has 1 aromatic rings. The standard InChI is InChI=1S/C17H26OS/c1-5-7-8-9-17(15(4)6-2)19(18)16-12-10-14(3)11-13-16/h9-13,15H,5-8H2,1-4H3/b17-9-/t15-,19?/m0/s1. The van der Waals surface area contributed by atoms with Crippen LogP contribution in [-0.4, -0.2) is 4.21 Å². The van der Waals surface area contributed by atoms with Crippen LogP contribution in [0.1, 0.15) is 52.0 Å². The molecule has 1 unspecified atom stereocenters. The minimum atomic E-state index is -1.00. The number of benzene rings is 1. The number of aryl methyl sites for hydroxylation is 1. The number of rotatable bonds is 7. The van der Waals surface area contributed by atoms with Gasteiger partial charge in [-0.05, 0) is 37.8 Å². The smallest absolute Gasteiger partial charge is 0.0807 e. The highest BCUT2D eigenvalue weighted by atomic mass is 32.2. The third kappa shape index (κ3) is 4.94. The molecular weight excluding hydrogens is 252 g/mol. The van der Waals surface area contributed by atoms with Gasteiger partial charge in [0.2, 0.25) is 0 Å². The third-order valence-electron chi connectivity index (χ3n) is 3.45. The molecule has 2 atom stereocenters. The molecule has 0 aliphatic carbocycles. The quantitative estimate of drug-likeness (QED) is 0.625. The van der Waals surface area contributed by atoms with E-state index in [0.29, 0.717) is 5.92 Å². The minimum absolute atomic E-state index is 0.388. The van der Waals surface area contributed by atoms with Crippen molar-refractivity contribution in [3.63, 3.8) is 0 Å². The Morgan fingerprint density at radius 2 is 1.89 bits per heavy atom. The highest BCUT2D eigenvalue weighted by Gasteiger charge is 2.15. The van der Waals surface area contributed by atoms with Crippen LogP contribution in [0.2, 0.25) is 0 Å². The van der Waals surface area contributed by atoms with E-state index >= 15 is 0 Å². The van der Waals surface area contributed by atoms with Crippen molar-refractivity contribution in [3.8, 4) is 0 Å². The summed E-state index contributed by atoms with van der Waals surface area (Å²) in [5.41, 5.74) is 1.21. The zero-order valence-corrected chi connectivity index (χ0v) is 13.4. The maximum Gasteiger partial charge on any atom is 0.0807 e. The first-order valence-electron chi connectivity index (χ1n) is 7.28. The molecule has 1 rings (SSSR count). The van der Waals surface area contributed by atoms with Crippen LogP contribution in [0, 0.1) is 12.8 Å². The zero-order chi connectivity index (χ0) is 14.3. The van der Waals surface area contributed by atoms with E-state index in [0.717, 1.165) is 22.6 Å². The average molecular weight is 278 g/mol. The summed E-state index contributed by atoms with van der Waals surface area (Å²) in [7, 11) is -1.00. The Kier molecular flexibility index (Phi) is 7.07. The number of hydrogen-bond donors (Lipinski definition) is 0. The fraction of sp³-hybridized carbons (Fsp3) is 0.529. The van der Waals surface area contributed by atoms with Crippen LogP contribution in [0.25, 0.3) is 0 Å². The molecule has 0 saturated heterocycles. The zero-order valence-electron chi connectivity index (χ0n) is 12.6. The summed E-state index contributed by atoms with van der Waals surface area (Å²) in [4.78, 5) is 2.02. The third-order valence-corrected chi connectivity index (χ3v) is 5.15. The minimum Gasteiger partial charge on any atom is -0.249 e. The van der Waals surface area contributed by atoms with Crippen LogP contribution in [0.5, 0.6) is 0 Å². The number of allylic oxidation sites excluding steroid dienone is 2. The van der Waals surface area contributed by atoms with E-state index in [-0.39, 0.29) is 0 Å². The van der Waals surface area contributed by atoms with Crippen LogP contribution in [0.15, 0.2) is 40.1 Å². The van der Waals surface area contributed by atoms with Gasteiger partial charge in [-0.1, -0.05) is 57.4 Å². The molecule has 0 heterocycles. The van der Waals surface area contributed by atoms with Crippen LogP contribution in [0.3, 0.4) is 0 Å². The van der Waals surface area contributed by atoms with Crippen LogP contribution >= 0.6 is 0 Å². The Balaban J connectivity index is 2.93. The molecule has 1 aromatic carbocycles. The largest absolute Gasteiger partial charge is 0.249 e. The summed E-state index contributed by atoms with van der Waals surface area (Å²) in [5, 5.41) is 0. The maximum absolute atomic E-state index is 12.7. The molecule has 106 valence electrons. The summed E-state index contributed by atoms with van der Waals surface area (Å²) in [5.74, 6) is 0.388. The Morgan fingerprint density at radius 3 is 2.42 bits per heavy atom. The van der Waals surface area contributed by atoms with E-state index in [2.05, 4.69) is 33.8 Å². The van der Waals surface area contributed by atoms with Crippen molar-refractivity contribution in [2.45, 2.75) is 58.3 Å². The van der Waals surface area contributed by atoms with Gasteiger partial charge in [0.1, 0.15) is 0 Å². The van der Waals surface area contributed by atoms with Gasteiger partial charge in [-0.3, -0.25) is 0 Å². The molecule has 0 fully saturated rings. The summed E-state index contributed by atoms with van der Waals surface area (Å²) in [6.07, 6.45) is 6.63. The highest BCUT2D eigenvalue weighted by Crippen LogP contribution is 2.25. The summed E-state index contributed by atoms with van der Waals surface area (Å²) in [6.45, 7) is 8.57. The van der Waals surface area contributed by atoms with E-state index < -0.39 is 10.8 Å². The number of hydrogen-bond acceptors (Lipinski definition) is 1. The van der Waals surface area contributed by atoms with Gasteiger partial charge in [0.05, 0.1) is 10.8 Å². The Hall–Kier alpha value is -0.890. The predicted molar refractivity (Wildman–Crippen MR) is 84.7 cm³/mol. The SMILES string of the molecule is CCCC/C=C(/[C@@H](C)CC)S(=O)c1ccc(C)cc1. The van der Waals surface area contributed by atoms with Crippen molar-refractivity contribution < 1.29 is 4.21 Å². The molecule has 0 aliphatic rings. The molecule has 0 radical (unpaired) electrons. The highest BCUT2D eigenvalue weighted by molar-refractivity contribution is 7.89. The second kappa shape index (κ2) is 8.31. The molecule has 1 nitrogen and oxygen atoms in total. The van der Waals surface area contributed by atoms with Gasteiger partial charge in [0.15, 0.2) is 0 Å². The van der Waals surface area contributed by atoms with Gasteiger partial charge in [-0.15, -0.1) is 0 Å². The molecule has 0 N–H and O–H groups in total. The van der Waals surface area contributed by atoms with E-state index in [1.54, 1.807) is 0 Å². The number of unbranched alkanes of at least 4 members (excludes halogenated alkanes) is 2. The van der Waals surface area contributed by atoms with E-state index in [4.69, 9.17) is 0 Å². The van der Waals surface area contributed by atoms with Crippen molar-refractivity contribution in [3.05, 3.63) is 40.8 Å². The van der Waals surface area contributed by atoms with Crippen molar-refractivity contribution >= 4 is 10.8 Å². The van der Waals surface area contributed by atoms with E-state index in [9.17, 15) is 4.21 Å². The van der Waals surface area contributed by atoms with E-state index in [1.807, 2.05) is 24.3 Å². The van der Waals surface area contributed by atoms with Gasteiger partial charge in [-0.25, -0.2) is 4.21 Å². The Labute approximate surface area is 120 Å². The van der Waals surface area contributed by atoms with Crippen molar-refractivity contribution in [2.24, 2.45) is 5.92 Å². The lowest BCUT2D eigenvalue weighted by Crippen LogP contribution is -2.05. The van der Waals surface area contributed by atoms with Crippen LogP contribution < -0.4 is 0 Å². The second-order valence-corrected chi connectivity index (χ2v) is 6.62. The molecule has 0 amide bonds. The van der Waals surface area contributed by atoms with Crippen LogP contribution in [-0.2, 0) is 10.8 Å². The molecule has 0 aliphatic heterocycles. The lowest BCUT2D eigenvalue weighted by molar-refractivity contribution is 0.653. The van der Waals surface area contributed by atoms with Gasteiger partial charge < -0.3 is 0 Å². The summed E-state index contributed by atoms with van der Waals surface area (Å²) >= 11 is 0. The van der Waals surface area contributed by atoms with Crippen molar-refractivity contribution in [1.82, 2.24) is 0 Å². The topological polar surface area (TPSA) is 17.1 Å². The van der Waals surface area contributed by atoms with Gasteiger partial charge in [0, 0.05) is 9.80 Å². The van der Waals surface area contributed by atoms with E-state index in [1.165, 1.54) is 18.4 Å². The molecule has 0 aromatic heterocycles. The first-order valence-corrected chi connectivity index (χ1v) is 8.43. The lowest BCUT2D eigenvalue weighted by atomic mass is 10.1. The molecular formula is C17H26OS. The predicted octanol–water partition coefficient (Wildman–Crippen LogP) is 5.22. The Bertz CT molecular complexity index is 431. The molecule has 0 spiro atoms. The molecule has 19 heavy (non-hydrogen) atoms. The fourth-order valence-corrected chi connectivity index (χ4v) is 3.36. The average Bonchev–Trinajstić information content (AvgIpc) is 2.43. The summed E-state index contributed by atoms with van der Waals surface area (Å²) < 4.78 is 12.7. The molecule has 2 heteroatoms. The normalized spacial score (nSPS) is 15.3. The first-order chi connectivity index (χ1) is 9.10. The lowest BCUT2D eigenvalue weighted by Gasteiger charge is -2.14. The van der Waals surface area contributed by atoms with Gasteiger partial charge in [-0.2, -0.15) is 0 Å². The van der Waals surface area contributed by atoms with Crippen LogP contribution in [0.4, 0.5) is 0 Å². The first kappa shape index (κ1) is 16.2. The van der Waals surface area contributed by atoms with Crippen molar-refractivity contribution in [1.29, 1.82) is 0 Å². The maximum atomic E-state index is 12.7. The fourth-order valence-electron chi connectivity index (χ4n) is 1.91. The molecule has 0 bridgehead atoms. The van der Waals surface area contributed by atoms with Gasteiger partial charge in [0.25, 0.3) is 0 Å². The van der Waals surface area contributed by atoms with Crippen molar-refractivity contribution in [2.75, 3.05) is 0 Å². The molecule has 0 saturated carbocycles.